The molecule has 152 valence electrons. The van der Waals surface area contributed by atoms with Crippen molar-refractivity contribution >= 4 is 29.2 Å². The van der Waals surface area contributed by atoms with Gasteiger partial charge in [0.1, 0.15) is 5.66 Å². The molecule has 0 aromatic heterocycles. The van der Waals surface area contributed by atoms with Gasteiger partial charge in [-0.1, -0.05) is 41.9 Å². The Bertz CT molecular complexity index is 910. The van der Waals surface area contributed by atoms with Crippen molar-refractivity contribution < 1.29 is 9.59 Å². The SMILES string of the molecule is CN1c2cc(Cl)ccc2C(=O)NC12CCN(C(=O)NCCc1ccccc1)CC2. The topological polar surface area (TPSA) is 64.7 Å². The first kappa shape index (κ1) is 19.6. The van der Waals surface area contributed by atoms with E-state index in [9.17, 15) is 9.59 Å². The number of nitrogens with one attached hydrogen (secondary N) is 2. The van der Waals surface area contributed by atoms with Gasteiger partial charge in [-0.2, -0.15) is 0 Å². The zero-order valence-electron chi connectivity index (χ0n) is 16.5. The molecule has 0 bridgehead atoms. The summed E-state index contributed by atoms with van der Waals surface area (Å²) < 4.78 is 0. The fourth-order valence-electron chi connectivity index (χ4n) is 4.18. The Labute approximate surface area is 175 Å². The average Bonchev–Trinajstić information content (AvgIpc) is 2.73. The van der Waals surface area contributed by atoms with E-state index in [0.29, 0.717) is 43.1 Å². The summed E-state index contributed by atoms with van der Waals surface area (Å²) >= 11 is 6.15. The maximum absolute atomic E-state index is 12.6. The number of nitrogens with zero attached hydrogens (tertiary/aromatic N) is 2. The highest BCUT2D eigenvalue weighted by Crippen LogP contribution is 2.37. The molecule has 1 spiro atoms. The number of halogens is 1. The molecule has 2 aliphatic rings. The molecule has 2 aromatic rings. The van der Waals surface area contributed by atoms with Gasteiger partial charge in [-0.15, -0.1) is 0 Å². The standard InChI is InChI=1S/C22H25ClN4O2/c1-26-19-15-17(23)7-8-18(19)20(28)25-22(26)10-13-27(14-11-22)21(29)24-12-9-16-5-3-2-4-6-16/h2-8,15H,9-14H2,1H3,(H,24,29)(H,25,28). The molecule has 6 nitrogen and oxygen atoms in total. The van der Waals surface area contributed by atoms with Crippen LogP contribution in [0, 0.1) is 0 Å². The lowest BCUT2D eigenvalue weighted by molar-refractivity contribution is 0.0810. The highest BCUT2D eigenvalue weighted by Gasteiger charge is 2.44. The maximum atomic E-state index is 12.6. The lowest BCUT2D eigenvalue weighted by Gasteiger charge is -2.51. The third-order valence-corrected chi connectivity index (χ3v) is 6.20. The van der Waals surface area contributed by atoms with Crippen LogP contribution in [0.2, 0.25) is 5.02 Å². The highest BCUT2D eigenvalue weighted by atomic mass is 35.5. The molecule has 0 atom stereocenters. The van der Waals surface area contributed by atoms with Crippen LogP contribution in [0.15, 0.2) is 48.5 Å². The number of carbonyl (C=O) groups is 2. The fourth-order valence-corrected chi connectivity index (χ4v) is 4.34. The molecule has 0 aliphatic carbocycles. The Morgan fingerprint density at radius 3 is 2.62 bits per heavy atom. The van der Waals surface area contributed by atoms with Crippen molar-refractivity contribution in [2.75, 3.05) is 31.6 Å². The van der Waals surface area contributed by atoms with Crippen LogP contribution in [-0.2, 0) is 6.42 Å². The Kier molecular flexibility index (Phi) is 5.37. The van der Waals surface area contributed by atoms with Crippen LogP contribution in [0.5, 0.6) is 0 Å². The minimum absolute atomic E-state index is 0.0518. The van der Waals surface area contributed by atoms with Crippen LogP contribution in [-0.4, -0.2) is 49.2 Å². The van der Waals surface area contributed by atoms with E-state index in [1.165, 1.54) is 5.56 Å². The molecule has 0 radical (unpaired) electrons. The number of hydrogen-bond donors (Lipinski definition) is 2. The zero-order chi connectivity index (χ0) is 20.4. The molecular weight excluding hydrogens is 388 g/mol. The molecule has 3 amide bonds. The summed E-state index contributed by atoms with van der Waals surface area (Å²) in [4.78, 5) is 29.1. The highest BCUT2D eigenvalue weighted by molar-refractivity contribution is 6.31. The van der Waals surface area contributed by atoms with Crippen molar-refractivity contribution in [3.05, 3.63) is 64.7 Å². The lowest BCUT2D eigenvalue weighted by Crippen LogP contribution is -2.67. The second-order valence-electron chi connectivity index (χ2n) is 7.66. The van der Waals surface area contributed by atoms with Crippen LogP contribution in [0.1, 0.15) is 28.8 Å². The summed E-state index contributed by atoms with van der Waals surface area (Å²) in [6, 6.07) is 15.4. The van der Waals surface area contributed by atoms with Crippen molar-refractivity contribution in [3.63, 3.8) is 0 Å². The maximum Gasteiger partial charge on any atom is 0.317 e. The Hall–Kier alpha value is -2.73. The fraction of sp³-hybridized carbons (Fsp3) is 0.364. The second kappa shape index (κ2) is 7.95. The number of amides is 3. The Morgan fingerprint density at radius 1 is 1.17 bits per heavy atom. The van der Waals surface area contributed by atoms with Gasteiger partial charge in [-0.25, -0.2) is 4.79 Å². The minimum atomic E-state index is -0.490. The molecule has 1 fully saturated rings. The van der Waals surface area contributed by atoms with Gasteiger partial charge in [-0.05, 0) is 30.2 Å². The van der Waals surface area contributed by atoms with Gasteiger partial charge in [-0.3, -0.25) is 4.79 Å². The van der Waals surface area contributed by atoms with Gasteiger partial charge in [0.05, 0.1) is 11.3 Å². The molecule has 2 N–H and O–H groups in total. The van der Waals surface area contributed by atoms with Crippen LogP contribution in [0.4, 0.5) is 10.5 Å². The van der Waals surface area contributed by atoms with Crippen molar-refractivity contribution in [3.8, 4) is 0 Å². The van der Waals surface area contributed by atoms with E-state index in [4.69, 9.17) is 11.6 Å². The predicted molar refractivity (Wildman–Crippen MR) is 114 cm³/mol. The normalized spacial score (nSPS) is 17.7. The number of piperidine rings is 1. The summed E-state index contributed by atoms with van der Waals surface area (Å²) in [6.07, 6.45) is 2.13. The number of benzene rings is 2. The zero-order valence-corrected chi connectivity index (χ0v) is 17.2. The van der Waals surface area contributed by atoms with Crippen LogP contribution < -0.4 is 15.5 Å². The molecule has 2 aromatic carbocycles. The first-order valence-electron chi connectivity index (χ1n) is 9.91. The van der Waals surface area contributed by atoms with Crippen LogP contribution >= 0.6 is 11.6 Å². The van der Waals surface area contributed by atoms with Crippen LogP contribution in [0.3, 0.4) is 0 Å². The number of likely N-dealkylation sites (tertiary alicyclic amines) is 1. The number of hydrogen-bond acceptors (Lipinski definition) is 3. The largest absolute Gasteiger partial charge is 0.351 e. The molecule has 1 saturated heterocycles. The molecule has 0 saturated carbocycles. The number of anilines is 1. The first-order chi connectivity index (χ1) is 14.0. The quantitative estimate of drug-likeness (QED) is 0.813. The Balaban J connectivity index is 1.36. The first-order valence-corrected chi connectivity index (χ1v) is 10.3. The third-order valence-electron chi connectivity index (χ3n) is 5.96. The third kappa shape index (κ3) is 3.90. The number of carbonyl (C=O) groups excluding carboxylic acids is 2. The number of urea groups is 1. The van der Waals surface area contributed by atoms with Crippen molar-refractivity contribution in [2.24, 2.45) is 0 Å². The monoisotopic (exact) mass is 412 g/mol. The molecule has 29 heavy (non-hydrogen) atoms. The van der Waals surface area contributed by atoms with Gasteiger partial charge in [0, 0.05) is 44.5 Å². The second-order valence-corrected chi connectivity index (χ2v) is 8.10. The van der Waals surface area contributed by atoms with E-state index in [-0.39, 0.29) is 11.9 Å². The van der Waals surface area contributed by atoms with Gasteiger partial charge >= 0.3 is 6.03 Å². The van der Waals surface area contributed by atoms with E-state index in [2.05, 4.69) is 27.7 Å². The van der Waals surface area contributed by atoms with Crippen molar-refractivity contribution in [2.45, 2.75) is 24.9 Å². The van der Waals surface area contributed by atoms with Crippen molar-refractivity contribution in [1.29, 1.82) is 0 Å². The van der Waals surface area contributed by atoms with E-state index < -0.39 is 5.66 Å². The average molecular weight is 413 g/mol. The lowest BCUT2D eigenvalue weighted by atomic mass is 9.90. The van der Waals surface area contributed by atoms with E-state index in [0.717, 1.165) is 12.1 Å². The smallest absolute Gasteiger partial charge is 0.317 e. The predicted octanol–water partition coefficient (Wildman–Crippen LogP) is 3.26. The Morgan fingerprint density at radius 2 is 1.90 bits per heavy atom. The molecule has 0 unspecified atom stereocenters. The van der Waals surface area contributed by atoms with Gasteiger partial charge < -0.3 is 20.4 Å². The molecule has 7 heteroatoms. The minimum Gasteiger partial charge on any atom is -0.351 e. The summed E-state index contributed by atoms with van der Waals surface area (Å²) in [5.41, 5.74) is 2.18. The molecular formula is C22H25ClN4O2. The van der Waals surface area contributed by atoms with E-state index >= 15 is 0 Å². The summed E-state index contributed by atoms with van der Waals surface area (Å²) in [6.45, 7) is 1.77. The van der Waals surface area contributed by atoms with Gasteiger partial charge in [0.2, 0.25) is 0 Å². The molecule has 2 aliphatic heterocycles. The number of fused-ring (bicyclic) bond motifs is 1. The van der Waals surface area contributed by atoms with Crippen molar-refractivity contribution in [1.82, 2.24) is 15.5 Å². The molecule has 4 rings (SSSR count). The van der Waals surface area contributed by atoms with Crippen LogP contribution in [0.25, 0.3) is 0 Å². The summed E-state index contributed by atoms with van der Waals surface area (Å²) in [7, 11) is 1.98. The van der Waals surface area contributed by atoms with E-state index in [1.54, 1.807) is 12.1 Å². The van der Waals surface area contributed by atoms with Gasteiger partial charge in [0.25, 0.3) is 5.91 Å². The number of rotatable bonds is 3. The van der Waals surface area contributed by atoms with Gasteiger partial charge in [0.15, 0.2) is 0 Å². The summed E-state index contributed by atoms with van der Waals surface area (Å²) in [5, 5.41) is 6.78. The van der Waals surface area contributed by atoms with E-state index in [1.807, 2.05) is 36.2 Å². The molecule has 2 heterocycles. The summed E-state index contributed by atoms with van der Waals surface area (Å²) in [5.74, 6) is -0.0875.